The van der Waals surface area contributed by atoms with Crippen molar-refractivity contribution in [1.29, 1.82) is 0 Å². The number of nitrogens with one attached hydrogen (secondary N) is 1. The molecule has 118 valence electrons. The van der Waals surface area contributed by atoms with E-state index in [-0.39, 0.29) is 0 Å². The van der Waals surface area contributed by atoms with Crippen LogP contribution in [0.1, 0.15) is 13.8 Å². The standard InChI is InChI=1S/C19H20N2O2/c1-13(2)10-11-23-17-9-8-14(12-18(17)22-3)19-20-15-6-4-5-7-16(15)21-19/h4-10,12H,11H2,1-3H3,(H,20,21). The summed E-state index contributed by atoms with van der Waals surface area (Å²) < 4.78 is 11.2. The van der Waals surface area contributed by atoms with Gasteiger partial charge >= 0.3 is 0 Å². The van der Waals surface area contributed by atoms with Crippen molar-refractivity contribution >= 4 is 11.0 Å². The van der Waals surface area contributed by atoms with Gasteiger partial charge in [0.1, 0.15) is 12.4 Å². The second-order valence-corrected chi connectivity index (χ2v) is 5.56. The van der Waals surface area contributed by atoms with Crippen LogP contribution in [0.2, 0.25) is 0 Å². The van der Waals surface area contributed by atoms with Crippen LogP contribution in [0.3, 0.4) is 0 Å². The predicted molar refractivity (Wildman–Crippen MR) is 93.0 cm³/mol. The van der Waals surface area contributed by atoms with Crippen LogP contribution in [0.15, 0.2) is 54.1 Å². The number of nitrogens with zero attached hydrogens (tertiary/aromatic N) is 1. The van der Waals surface area contributed by atoms with Crippen LogP contribution in [-0.2, 0) is 0 Å². The van der Waals surface area contributed by atoms with E-state index in [1.165, 1.54) is 5.57 Å². The van der Waals surface area contributed by atoms with E-state index in [0.29, 0.717) is 12.4 Å². The number of rotatable bonds is 5. The lowest BCUT2D eigenvalue weighted by molar-refractivity contribution is 0.326. The molecule has 1 aromatic heterocycles. The molecule has 3 rings (SSSR count). The molecule has 0 atom stereocenters. The van der Waals surface area contributed by atoms with Gasteiger partial charge in [-0.25, -0.2) is 4.98 Å². The highest BCUT2D eigenvalue weighted by molar-refractivity contribution is 5.79. The molecule has 23 heavy (non-hydrogen) atoms. The molecule has 0 bridgehead atoms. The van der Waals surface area contributed by atoms with Crippen LogP contribution >= 0.6 is 0 Å². The number of fused-ring (bicyclic) bond motifs is 1. The van der Waals surface area contributed by atoms with E-state index in [2.05, 4.69) is 9.97 Å². The summed E-state index contributed by atoms with van der Waals surface area (Å²) in [5.41, 5.74) is 4.16. The summed E-state index contributed by atoms with van der Waals surface area (Å²) in [6, 6.07) is 13.8. The highest BCUT2D eigenvalue weighted by Crippen LogP contribution is 2.32. The number of H-pyrrole nitrogens is 1. The largest absolute Gasteiger partial charge is 0.493 e. The van der Waals surface area contributed by atoms with Crippen molar-refractivity contribution in [2.24, 2.45) is 0 Å². The number of para-hydroxylation sites is 2. The van der Waals surface area contributed by atoms with Gasteiger partial charge in [0, 0.05) is 5.56 Å². The molecule has 4 heteroatoms. The Kier molecular flexibility index (Phi) is 4.33. The van der Waals surface area contributed by atoms with Crippen LogP contribution < -0.4 is 9.47 Å². The van der Waals surface area contributed by atoms with Gasteiger partial charge in [-0.1, -0.05) is 17.7 Å². The highest BCUT2D eigenvalue weighted by atomic mass is 16.5. The molecule has 2 aromatic carbocycles. The third kappa shape index (κ3) is 3.37. The van der Waals surface area contributed by atoms with Crippen molar-refractivity contribution in [2.75, 3.05) is 13.7 Å². The first-order chi connectivity index (χ1) is 11.2. The van der Waals surface area contributed by atoms with Gasteiger partial charge in [-0.3, -0.25) is 0 Å². The Morgan fingerprint density at radius 1 is 1.13 bits per heavy atom. The number of benzene rings is 2. The molecule has 0 unspecified atom stereocenters. The first kappa shape index (κ1) is 15.2. The number of aromatic amines is 1. The lowest BCUT2D eigenvalue weighted by atomic mass is 10.2. The summed E-state index contributed by atoms with van der Waals surface area (Å²) in [5, 5.41) is 0. The number of ether oxygens (including phenoxy) is 2. The molecular formula is C19H20N2O2. The van der Waals surface area contributed by atoms with Crippen LogP contribution in [-0.4, -0.2) is 23.7 Å². The Bertz CT molecular complexity index is 812. The second-order valence-electron chi connectivity index (χ2n) is 5.56. The zero-order valence-electron chi connectivity index (χ0n) is 13.6. The normalized spacial score (nSPS) is 10.6. The number of hydrogen-bond acceptors (Lipinski definition) is 3. The van der Waals surface area contributed by atoms with Crippen molar-refractivity contribution in [3.63, 3.8) is 0 Å². The molecule has 0 spiro atoms. The molecule has 0 radical (unpaired) electrons. The third-order valence-electron chi connectivity index (χ3n) is 3.56. The lowest BCUT2D eigenvalue weighted by Crippen LogP contribution is -1.97. The lowest BCUT2D eigenvalue weighted by Gasteiger charge is -2.10. The minimum atomic E-state index is 0.530. The fourth-order valence-electron chi connectivity index (χ4n) is 2.32. The summed E-state index contributed by atoms with van der Waals surface area (Å²) >= 11 is 0. The molecule has 0 saturated heterocycles. The summed E-state index contributed by atoms with van der Waals surface area (Å²) in [6.45, 7) is 4.62. The first-order valence-electron chi connectivity index (χ1n) is 7.56. The van der Waals surface area contributed by atoms with Crippen molar-refractivity contribution in [1.82, 2.24) is 9.97 Å². The van der Waals surface area contributed by atoms with E-state index < -0.39 is 0 Å². The van der Waals surface area contributed by atoms with Gasteiger partial charge < -0.3 is 14.5 Å². The average Bonchev–Trinajstić information content (AvgIpc) is 2.98. The second kappa shape index (κ2) is 6.57. The van der Waals surface area contributed by atoms with Crippen LogP contribution in [0.25, 0.3) is 22.4 Å². The predicted octanol–water partition coefficient (Wildman–Crippen LogP) is 4.58. The van der Waals surface area contributed by atoms with E-state index >= 15 is 0 Å². The number of aromatic nitrogens is 2. The zero-order valence-corrected chi connectivity index (χ0v) is 13.6. The Morgan fingerprint density at radius 3 is 2.70 bits per heavy atom. The van der Waals surface area contributed by atoms with E-state index in [9.17, 15) is 0 Å². The molecular weight excluding hydrogens is 288 g/mol. The van der Waals surface area contributed by atoms with E-state index in [1.54, 1.807) is 7.11 Å². The Balaban J connectivity index is 1.90. The maximum absolute atomic E-state index is 5.76. The maximum Gasteiger partial charge on any atom is 0.161 e. The molecule has 0 aliphatic carbocycles. The minimum absolute atomic E-state index is 0.530. The molecule has 0 amide bonds. The maximum atomic E-state index is 5.76. The highest BCUT2D eigenvalue weighted by Gasteiger charge is 2.10. The minimum Gasteiger partial charge on any atom is -0.493 e. The molecule has 0 saturated carbocycles. The van der Waals surface area contributed by atoms with Gasteiger partial charge in [-0.05, 0) is 50.3 Å². The molecule has 1 heterocycles. The zero-order chi connectivity index (χ0) is 16.2. The van der Waals surface area contributed by atoms with Gasteiger partial charge in [0.2, 0.25) is 0 Å². The van der Waals surface area contributed by atoms with Crippen molar-refractivity contribution in [3.05, 3.63) is 54.1 Å². The summed E-state index contributed by atoms with van der Waals surface area (Å²) in [7, 11) is 1.64. The average molecular weight is 308 g/mol. The van der Waals surface area contributed by atoms with Gasteiger partial charge in [0.05, 0.1) is 18.1 Å². The van der Waals surface area contributed by atoms with Gasteiger partial charge in [-0.2, -0.15) is 0 Å². The molecule has 3 aromatic rings. The topological polar surface area (TPSA) is 47.1 Å². The fourth-order valence-corrected chi connectivity index (χ4v) is 2.32. The summed E-state index contributed by atoms with van der Waals surface area (Å²) in [5.74, 6) is 2.25. The summed E-state index contributed by atoms with van der Waals surface area (Å²) in [6.07, 6.45) is 2.03. The number of methoxy groups -OCH3 is 1. The number of allylic oxidation sites excluding steroid dienone is 1. The Labute approximate surface area is 135 Å². The Hall–Kier alpha value is -2.75. The SMILES string of the molecule is COc1cc(-c2nc3ccccc3[nH]2)ccc1OCC=C(C)C. The van der Waals surface area contributed by atoms with Gasteiger partial charge in [-0.15, -0.1) is 0 Å². The third-order valence-corrected chi connectivity index (χ3v) is 3.56. The van der Waals surface area contributed by atoms with E-state index in [4.69, 9.17) is 9.47 Å². The summed E-state index contributed by atoms with van der Waals surface area (Å²) in [4.78, 5) is 7.94. The fraction of sp³-hybridized carbons (Fsp3) is 0.211. The Morgan fingerprint density at radius 2 is 1.96 bits per heavy atom. The van der Waals surface area contributed by atoms with Crippen molar-refractivity contribution < 1.29 is 9.47 Å². The number of imidazole rings is 1. The molecule has 1 N–H and O–H groups in total. The van der Waals surface area contributed by atoms with Crippen molar-refractivity contribution in [3.8, 4) is 22.9 Å². The molecule has 4 nitrogen and oxygen atoms in total. The van der Waals surface area contributed by atoms with Gasteiger partial charge in [0.25, 0.3) is 0 Å². The van der Waals surface area contributed by atoms with Gasteiger partial charge in [0.15, 0.2) is 11.5 Å². The van der Waals surface area contributed by atoms with Crippen LogP contribution in [0.5, 0.6) is 11.5 Å². The van der Waals surface area contributed by atoms with Crippen molar-refractivity contribution in [2.45, 2.75) is 13.8 Å². The van der Waals surface area contributed by atoms with Crippen LogP contribution in [0, 0.1) is 0 Å². The van der Waals surface area contributed by atoms with E-state index in [0.717, 1.165) is 28.2 Å². The molecule has 0 aliphatic rings. The first-order valence-corrected chi connectivity index (χ1v) is 7.56. The van der Waals surface area contributed by atoms with Crippen LogP contribution in [0.4, 0.5) is 0 Å². The smallest absolute Gasteiger partial charge is 0.161 e. The molecule has 0 fully saturated rings. The quantitative estimate of drug-likeness (QED) is 0.702. The molecule has 0 aliphatic heterocycles. The monoisotopic (exact) mass is 308 g/mol. The van der Waals surface area contributed by atoms with E-state index in [1.807, 2.05) is 62.4 Å². The number of hydrogen-bond donors (Lipinski definition) is 1.